The fraction of sp³-hybridized carbons (Fsp3) is 0.500. The zero-order valence-electron chi connectivity index (χ0n) is 10.8. The van der Waals surface area contributed by atoms with E-state index in [1.165, 1.54) is 6.42 Å². The van der Waals surface area contributed by atoms with Gasteiger partial charge in [0.15, 0.2) is 0 Å². The minimum absolute atomic E-state index is 0.476. The van der Waals surface area contributed by atoms with Gasteiger partial charge in [-0.1, -0.05) is 42.0 Å². The monoisotopic (exact) mass is 326 g/mol. The Morgan fingerprint density at radius 3 is 2.72 bits per heavy atom. The molecule has 2 unspecified atom stereocenters. The van der Waals surface area contributed by atoms with E-state index in [0.717, 1.165) is 34.7 Å². The van der Waals surface area contributed by atoms with Crippen molar-refractivity contribution in [1.82, 2.24) is 0 Å². The summed E-state index contributed by atoms with van der Waals surface area (Å²) in [6, 6.07) is 6.12. The molecule has 0 saturated carbocycles. The van der Waals surface area contributed by atoms with Gasteiger partial charge in [-0.3, -0.25) is 0 Å². The van der Waals surface area contributed by atoms with Gasteiger partial charge < -0.3 is 10.6 Å². The highest BCUT2D eigenvalue weighted by atomic mass is 79.9. The first-order valence-corrected chi connectivity index (χ1v) is 7.53. The van der Waals surface area contributed by atoms with Gasteiger partial charge in [0.25, 0.3) is 0 Å². The fourth-order valence-corrected chi connectivity index (χ4v) is 2.98. The van der Waals surface area contributed by atoms with Crippen LogP contribution in [0.25, 0.3) is 0 Å². The lowest BCUT2D eigenvalue weighted by Gasteiger charge is -2.37. The maximum absolute atomic E-state index is 5.82. The molecule has 18 heavy (non-hydrogen) atoms. The van der Waals surface area contributed by atoms with Crippen LogP contribution in [0, 0.1) is 11.8 Å². The second-order valence-corrected chi connectivity index (χ2v) is 6.57. The number of hydrogen-bond donors (Lipinski definition) is 1. The first-order chi connectivity index (χ1) is 8.49. The van der Waals surface area contributed by atoms with Crippen LogP contribution in [0.5, 0.6) is 0 Å². The molecule has 1 fully saturated rings. The van der Waals surface area contributed by atoms with Crippen LogP contribution < -0.4 is 10.6 Å². The number of rotatable bonds is 2. The summed E-state index contributed by atoms with van der Waals surface area (Å²) in [5, 5.41) is 0. The van der Waals surface area contributed by atoms with E-state index >= 15 is 0 Å². The Morgan fingerprint density at radius 2 is 2.11 bits per heavy atom. The summed E-state index contributed by atoms with van der Waals surface area (Å²) in [4.78, 5) is 2.88. The summed E-state index contributed by atoms with van der Waals surface area (Å²) in [7, 11) is 0. The molecule has 2 nitrogen and oxygen atoms in total. The van der Waals surface area contributed by atoms with Gasteiger partial charge in [-0.15, -0.1) is 0 Å². The van der Waals surface area contributed by atoms with Crippen molar-refractivity contribution in [2.45, 2.75) is 20.3 Å². The lowest BCUT2D eigenvalue weighted by Crippen LogP contribution is -2.39. The summed E-state index contributed by atoms with van der Waals surface area (Å²) in [5.41, 5.74) is 7.97. The van der Waals surface area contributed by atoms with Crippen LogP contribution in [0.1, 0.15) is 25.8 Å². The second-order valence-electron chi connectivity index (χ2n) is 5.21. The van der Waals surface area contributed by atoms with Crippen molar-refractivity contribution in [3.05, 3.63) is 28.2 Å². The van der Waals surface area contributed by atoms with Gasteiger partial charge in [-0.05, 0) is 36.5 Å². The van der Waals surface area contributed by atoms with Crippen molar-refractivity contribution >= 4 is 38.8 Å². The molecule has 1 aliphatic rings. The van der Waals surface area contributed by atoms with Gasteiger partial charge in [-0.2, -0.15) is 0 Å². The molecule has 2 rings (SSSR count). The van der Waals surface area contributed by atoms with Crippen LogP contribution in [0.2, 0.25) is 0 Å². The Bertz CT molecular complexity index is 461. The number of anilines is 1. The smallest absolute Gasteiger partial charge is 0.106 e. The number of nitrogens with two attached hydrogens (primary N) is 1. The number of nitrogens with zero attached hydrogens (tertiary/aromatic N) is 1. The third kappa shape index (κ3) is 2.86. The summed E-state index contributed by atoms with van der Waals surface area (Å²) < 4.78 is 1.07. The first-order valence-electron chi connectivity index (χ1n) is 6.33. The molecule has 0 aromatic heterocycles. The number of benzene rings is 1. The second kappa shape index (κ2) is 5.57. The highest BCUT2D eigenvalue weighted by molar-refractivity contribution is 9.10. The molecule has 0 bridgehead atoms. The van der Waals surface area contributed by atoms with Gasteiger partial charge in [0.2, 0.25) is 0 Å². The van der Waals surface area contributed by atoms with E-state index in [1.807, 2.05) is 12.1 Å². The Kier molecular flexibility index (Phi) is 4.28. The van der Waals surface area contributed by atoms with E-state index in [2.05, 4.69) is 40.7 Å². The average Bonchev–Trinajstić information content (AvgIpc) is 2.32. The van der Waals surface area contributed by atoms with E-state index in [0.29, 0.717) is 10.9 Å². The molecule has 1 aliphatic heterocycles. The Hall–Kier alpha value is -0.610. The summed E-state index contributed by atoms with van der Waals surface area (Å²) in [5.74, 6) is 1.50. The van der Waals surface area contributed by atoms with E-state index in [9.17, 15) is 0 Å². The highest BCUT2D eigenvalue weighted by Crippen LogP contribution is 2.31. The van der Waals surface area contributed by atoms with Crippen LogP contribution in [0.15, 0.2) is 22.7 Å². The first kappa shape index (κ1) is 13.8. The largest absolute Gasteiger partial charge is 0.389 e. The molecule has 1 aromatic rings. The molecular formula is C14H19BrN2S. The minimum atomic E-state index is 0.476. The molecule has 4 heteroatoms. The lowest BCUT2D eigenvalue weighted by molar-refractivity contribution is 0.324. The molecule has 0 aliphatic carbocycles. The zero-order valence-corrected chi connectivity index (χ0v) is 13.2. The van der Waals surface area contributed by atoms with Gasteiger partial charge >= 0.3 is 0 Å². The van der Waals surface area contributed by atoms with Gasteiger partial charge in [0.1, 0.15) is 4.99 Å². The standard InChI is InChI=1S/C14H19BrN2S/c1-9-5-6-17(8-10(9)2)13-7-11(15)3-4-12(13)14(16)18/h3-4,7,9-10H,5-6,8H2,1-2H3,(H2,16,18). The third-order valence-electron chi connectivity index (χ3n) is 3.90. The maximum atomic E-state index is 5.82. The van der Waals surface area contributed by atoms with Crippen molar-refractivity contribution in [2.24, 2.45) is 17.6 Å². The van der Waals surface area contributed by atoms with Gasteiger partial charge in [-0.25, -0.2) is 0 Å². The minimum Gasteiger partial charge on any atom is -0.389 e. The molecule has 0 amide bonds. The van der Waals surface area contributed by atoms with Crippen molar-refractivity contribution in [3.63, 3.8) is 0 Å². The van der Waals surface area contributed by atoms with Crippen LogP contribution in [-0.4, -0.2) is 18.1 Å². The Labute approximate surface area is 123 Å². The number of thiocarbonyl (C=S) groups is 1. The maximum Gasteiger partial charge on any atom is 0.106 e. The van der Waals surface area contributed by atoms with Crippen LogP contribution in [0.3, 0.4) is 0 Å². The van der Waals surface area contributed by atoms with Gasteiger partial charge in [0.05, 0.1) is 0 Å². The van der Waals surface area contributed by atoms with Crippen molar-refractivity contribution < 1.29 is 0 Å². The fourth-order valence-electron chi connectivity index (χ4n) is 2.46. The van der Waals surface area contributed by atoms with Crippen LogP contribution in [0.4, 0.5) is 5.69 Å². The molecule has 0 radical (unpaired) electrons. The summed E-state index contributed by atoms with van der Waals surface area (Å²) in [6.45, 7) is 6.80. The predicted molar refractivity (Wildman–Crippen MR) is 85.2 cm³/mol. The molecule has 1 saturated heterocycles. The normalized spacial score (nSPS) is 24.1. The highest BCUT2D eigenvalue weighted by Gasteiger charge is 2.24. The Balaban J connectivity index is 2.32. The van der Waals surface area contributed by atoms with E-state index in [4.69, 9.17) is 18.0 Å². The van der Waals surface area contributed by atoms with Crippen molar-refractivity contribution in [2.75, 3.05) is 18.0 Å². The molecule has 2 atom stereocenters. The van der Waals surface area contributed by atoms with Crippen LogP contribution >= 0.6 is 28.1 Å². The SMILES string of the molecule is CC1CCN(c2cc(Br)ccc2C(N)=S)CC1C. The zero-order chi connectivity index (χ0) is 13.3. The number of piperidine rings is 1. The van der Waals surface area contributed by atoms with E-state index < -0.39 is 0 Å². The number of halogens is 1. The third-order valence-corrected chi connectivity index (χ3v) is 4.61. The van der Waals surface area contributed by atoms with E-state index in [1.54, 1.807) is 0 Å². The van der Waals surface area contributed by atoms with Crippen molar-refractivity contribution in [3.8, 4) is 0 Å². The molecule has 1 aromatic carbocycles. The quantitative estimate of drug-likeness (QED) is 0.842. The van der Waals surface area contributed by atoms with Crippen molar-refractivity contribution in [1.29, 1.82) is 0 Å². The molecule has 1 heterocycles. The lowest BCUT2D eigenvalue weighted by atomic mass is 9.88. The summed E-state index contributed by atoms with van der Waals surface area (Å²) in [6.07, 6.45) is 1.23. The summed E-state index contributed by atoms with van der Waals surface area (Å²) >= 11 is 8.68. The van der Waals surface area contributed by atoms with Crippen LogP contribution in [-0.2, 0) is 0 Å². The van der Waals surface area contributed by atoms with E-state index in [-0.39, 0.29) is 0 Å². The number of hydrogen-bond acceptors (Lipinski definition) is 2. The molecule has 2 N–H and O–H groups in total. The Morgan fingerprint density at radius 1 is 1.39 bits per heavy atom. The molecule has 0 spiro atoms. The topological polar surface area (TPSA) is 29.3 Å². The average molecular weight is 327 g/mol. The van der Waals surface area contributed by atoms with Gasteiger partial charge in [0, 0.05) is 28.8 Å². The molecule has 98 valence electrons. The predicted octanol–water partition coefficient (Wildman–Crippen LogP) is 3.57. The molecular weight excluding hydrogens is 308 g/mol.